The summed E-state index contributed by atoms with van der Waals surface area (Å²) in [6.07, 6.45) is 0. The number of anilines is 1. The van der Waals surface area contributed by atoms with Crippen molar-refractivity contribution < 1.29 is 14.0 Å². The molecule has 0 bridgehead atoms. The van der Waals surface area contributed by atoms with Gasteiger partial charge in [0.25, 0.3) is 0 Å². The highest BCUT2D eigenvalue weighted by Crippen LogP contribution is 2.15. The normalized spacial score (nSPS) is 15.1. The van der Waals surface area contributed by atoms with Crippen LogP contribution < -0.4 is 5.32 Å². The number of urea groups is 2. The summed E-state index contributed by atoms with van der Waals surface area (Å²) in [6.45, 7) is 3.24. The third-order valence-corrected chi connectivity index (χ3v) is 2.84. The molecular weight excluding hydrogens is 237 g/mol. The Morgan fingerprint density at radius 3 is 2.72 bits per heavy atom. The Hall–Kier alpha value is -2.11. The van der Waals surface area contributed by atoms with Crippen LogP contribution in [0.1, 0.15) is 6.92 Å². The standard InChI is InChI=1S/C12H14FN3O2/c1-2-15-7-8-16(12(15)18)11(17)14-10-6-4-3-5-9(10)13/h3-6H,2,7-8H2,1H3,(H,14,17). The maximum absolute atomic E-state index is 13.3. The highest BCUT2D eigenvalue weighted by Gasteiger charge is 2.32. The van der Waals surface area contributed by atoms with Crippen molar-refractivity contribution in [3.8, 4) is 0 Å². The zero-order valence-electron chi connectivity index (χ0n) is 10.0. The summed E-state index contributed by atoms with van der Waals surface area (Å²) in [6, 6.07) is 4.91. The molecule has 0 atom stereocenters. The van der Waals surface area contributed by atoms with Crippen molar-refractivity contribution in [3.05, 3.63) is 30.1 Å². The molecule has 0 aliphatic carbocycles. The molecular formula is C12H14FN3O2. The van der Waals surface area contributed by atoms with Gasteiger partial charge in [-0.05, 0) is 19.1 Å². The average Bonchev–Trinajstić information content (AvgIpc) is 2.73. The Kier molecular flexibility index (Phi) is 3.45. The second-order valence-electron chi connectivity index (χ2n) is 3.92. The highest BCUT2D eigenvalue weighted by atomic mass is 19.1. The summed E-state index contributed by atoms with van der Waals surface area (Å²) in [5.74, 6) is -0.523. The lowest BCUT2D eigenvalue weighted by atomic mass is 10.3. The number of carbonyl (C=O) groups is 2. The Bertz CT molecular complexity index is 478. The number of likely N-dealkylation sites (N-methyl/N-ethyl adjacent to an activating group) is 1. The van der Waals surface area contributed by atoms with E-state index >= 15 is 0 Å². The van der Waals surface area contributed by atoms with Crippen molar-refractivity contribution in [2.75, 3.05) is 25.0 Å². The molecule has 4 amide bonds. The molecule has 1 fully saturated rings. The number of rotatable bonds is 2. The van der Waals surface area contributed by atoms with E-state index in [0.29, 0.717) is 19.6 Å². The van der Waals surface area contributed by atoms with E-state index in [9.17, 15) is 14.0 Å². The van der Waals surface area contributed by atoms with Crippen LogP contribution >= 0.6 is 0 Å². The van der Waals surface area contributed by atoms with E-state index in [1.165, 1.54) is 18.2 Å². The minimum Gasteiger partial charge on any atom is -0.323 e. The summed E-state index contributed by atoms with van der Waals surface area (Å²) >= 11 is 0. The molecule has 0 aromatic heterocycles. The number of carbonyl (C=O) groups excluding carboxylic acids is 2. The fraction of sp³-hybridized carbons (Fsp3) is 0.333. The van der Waals surface area contributed by atoms with Gasteiger partial charge in [0, 0.05) is 19.6 Å². The molecule has 0 unspecified atom stereocenters. The first-order chi connectivity index (χ1) is 8.63. The fourth-order valence-corrected chi connectivity index (χ4v) is 1.81. The van der Waals surface area contributed by atoms with Crippen LogP contribution in [0.4, 0.5) is 19.7 Å². The molecule has 1 aromatic rings. The van der Waals surface area contributed by atoms with Crippen LogP contribution in [-0.2, 0) is 0 Å². The first-order valence-corrected chi connectivity index (χ1v) is 5.75. The predicted octanol–water partition coefficient (Wildman–Crippen LogP) is 2.12. The van der Waals surface area contributed by atoms with Crippen molar-refractivity contribution in [2.45, 2.75) is 6.92 Å². The van der Waals surface area contributed by atoms with Crippen LogP contribution in [0.5, 0.6) is 0 Å². The number of amides is 4. The van der Waals surface area contributed by atoms with Crippen molar-refractivity contribution in [1.82, 2.24) is 9.80 Å². The van der Waals surface area contributed by atoms with Crippen LogP contribution in [-0.4, -0.2) is 41.5 Å². The van der Waals surface area contributed by atoms with Crippen LogP contribution in [0.15, 0.2) is 24.3 Å². The summed E-state index contributed by atoms with van der Waals surface area (Å²) in [7, 11) is 0. The molecule has 1 saturated heterocycles. The Balaban J connectivity index is 2.06. The molecule has 1 heterocycles. The Morgan fingerprint density at radius 1 is 1.39 bits per heavy atom. The van der Waals surface area contributed by atoms with Crippen molar-refractivity contribution in [3.63, 3.8) is 0 Å². The summed E-state index contributed by atoms with van der Waals surface area (Å²) < 4.78 is 13.3. The summed E-state index contributed by atoms with van der Waals surface area (Å²) in [5.41, 5.74) is 0.0743. The lowest BCUT2D eigenvalue weighted by molar-refractivity contribution is 0.192. The zero-order chi connectivity index (χ0) is 13.1. The van der Waals surface area contributed by atoms with Crippen LogP contribution in [0, 0.1) is 5.82 Å². The number of hydrogen-bond acceptors (Lipinski definition) is 2. The van der Waals surface area contributed by atoms with E-state index in [4.69, 9.17) is 0 Å². The van der Waals surface area contributed by atoms with Crippen molar-refractivity contribution in [1.29, 1.82) is 0 Å². The van der Waals surface area contributed by atoms with E-state index in [-0.39, 0.29) is 11.7 Å². The number of halogens is 1. The summed E-state index contributed by atoms with van der Waals surface area (Å²) in [5, 5.41) is 2.39. The average molecular weight is 251 g/mol. The van der Waals surface area contributed by atoms with Gasteiger partial charge in [-0.2, -0.15) is 0 Å². The van der Waals surface area contributed by atoms with Crippen LogP contribution in [0.25, 0.3) is 0 Å². The number of nitrogens with zero attached hydrogens (tertiary/aromatic N) is 2. The van der Waals surface area contributed by atoms with Gasteiger partial charge in [-0.1, -0.05) is 12.1 Å². The number of nitrogens with one attached hydrogen (secondary N) is 1. The first kappa shape index (κ1) is 12.3. The van der Waals surface area contributed by atoms with E-state index in [1.54, 1.807) is 11.0 Å². The van der Waals surface area contributed by atoms with E-state index in [2.05, 4.69) is 5.32 Å². The molecule has 18 heavy (non-hydrogen) atoms. The molecule has 0 spiro atoms. The summed E-state index contributed by atoms with van der Waals surface area (Å²) in [4.78, 5) is 26.2. The van der Waals surface area contributed by atoms with E-state index in [0.717, 1.165) is 4.90 Å². The second kappa shape index (κ2) is 5.03. The van der Waals surface area contributed by atoms with Crippen molar-refractivity contribution in [2.24, 2.45) is 0 Å². The maximum Gasteiger partial charge on any atom is 0.330 e. The second-order valence-corrected chi connectivity index (χ2v) is 3.92. The molecule has 1 aromatic carbocycles. The van der Waals surface area contributed by atoms with Gasteiger partial charge in [0.15, 0.2) is 0 Å². The minimum atomic E-state index is -0.596. The number of benzene rings is 1. The van der Waals surface area contributed by atoms with Gasteiger partial charge in [0.1, 0.15) is 5.82 Å². The molecule has 0 radical (unpaired) electrons. The lowest BCUT2D eigenvalue weighted by Crippen LogP contribution is -2.39. The molecule has 1 aliphatic rings. The van der Waals surface area contributed by atoms with E-state index in [1.807, 2.05) is 6.92 Å². The van der Waals surface area contributed by atoms with Gasteiger partial charge in [-0.25, -0.2) is 18.9 Å². The largest absolute Gasteiger partial charge is 0.330 e. The molecule has 1 aliphatic heterocycles. The van der Waals surface area contributed by atoms with E-state index < -0.39 is 11.8 Å². The van der Waals surface area contributed by atoms with Crippen molar-refractivity contribution >= 4 is 17.7 Å². The Labute approximate surface area is 104 Å². The van der Waals surface area contributed by atoms with Gasteiger partial charge in [0.05, 0.1) is 5.69 Å². The van der Waals surface area contributed by atoms with Gasteiger partial charge in [-0.3, -0.25) is 0 Å². The van der Waals surface area contributed by atoms with Gasteiger partial charge in [-0.15, -0.1) is 0 Å². The zero-order valence-corrected chi connectivity index (χ0v) is 10.0. The van der Waals surface area contributed by atoms with Gasteiger partial charge >= 0.3 is 12.1 Å². The maximum atomic E-state index is 13.3. The molecule has 1 N–H and O–H groups in total. The monoisotopic (exact) mass is 251 g/mol. The first-order valence-electron chi connectivity index (χ1n) is 5.75. The number of para-hydroxylation sites is 1. The predicted molar refractivity (Wildman–Crippen MR) is 64.8 cm³/mol. The molecule has 2 rings (SSSR count). The lowest BCUT2D eigenvalue weighted by Gasteiger charge is -2.16. The third-order valence-electron chi connectivity index (χ3n) is 2.84. The fourth-order valence-electron chi connectivity index (χ4n) is 1.81. The quantitative estimate of drug-likeness (QED) is 0.875. The third kappa shape index (κ3) is 2.27. The SMILES string of the molecule is CCN1CCN(C(=O)Nc2ccccc2F)C1=O. The smallest absolute Gasteiger partial charge is 0.323 e. The van der Waals surface area contributed by atoms with Gasteiger partial charge < -0.3 is 10.2 Å². The van der Waals surface area contributed by atoms with Crippen LogP contribution in [0.3, 0.4) is 0 Å². The molecule has 96 valence electrons. The molecule has 5 nitrogen and oxygen atoms in total. The minimum absolute atomic E-state index is 0.0743. The molecule has 0 saturated carbocycles. The van der Waals surface area contributed by atoms with Crippen LogP contribution in [0.2, 0.25) is 0 Å². The Morgan fingerprint density at radius 2 is 2.11 bits per heavy atom. The topological polar surface area (TPSA) is 52.6 Å². The highest BCUT2D eigenvalue weighted by molar-refractivity contribution is 6.01. The van der Waals surface area contributed by atoms with Gasteiger partial charge in [0.2, 0.25) is 0 Å². The number of hydrogen-bond donors (Lipinski definition) is 1. The molecule has 6 heteroatoms. The number of imide groups is 1.